The lowest BCUT2D eigenvalue weighted by Crippen LogP contribution is -2.46. The van der Waals surface area contributed by atoms with Gasteiger partial charge in [0.25, 0.3) is 0 Å². The highest BCUT2D eigenvalue weighted by atomic mass is 19.4. The van der Waals surface area contributed by atoms with Crippen molar-refractivity contribution in [3.8, 4) is 6.07 Å². The van der Waals surface area contributed by atoms with E-state index in [1.165, 1.54) is 5.01 Å². The molecule has 2 aromatic rings. The molecule has 2 heterocycles. The molecule has 3 atom stereocenters. The van der Waals surface area contributed by atoms with Crippen LogP contribution in [0.25, 0.3) is 0 Å². The SMILES string of the molecule is N#CC1=C(N)OC2C(C(C(F)(F)F)=NN2c2ccccc2)C1c1ccccc1. The molecule has 8 heteroatoms. The minimum atomic E-state index is -4.69. The maximum atomic E-state index is 13.9. The van der Waals surface area contributed by atoms with E-state index >= 15 is 0 Å². The molecule has 2 aliphatic heterocycles. The van der Waals surface area contributed by atoms with Crippen LogP contribution in [0.15, 0.2) is 77.2 Å². The zero-order chi connectivity index (χ0) is 19.9. The van der Waals surface area contributed by atoms with Crippen molar-refractivity contribution >= 4 is 11.4 Å². The molecule has 2 aliphatic rings. The number of nitrogens with two attached hydrogens (primary N) is 1. The number of para-hydroxylation sites is 1. The van der Waals surface area contributed by atoms with Gasteiger partial charge in [0.15, 0.2) is 5.71 Å². The fourth-order valence-electron chi connectivity index (χ4n) is 3.69. The van der Waals surface area contributed by atoms with Gasteiger partial charge in [-0.25, -0.2) is 5.01 Å². The van der Waals surface area contributed by atoms with Crippen LogP contribution in [0.5, 0.6) is 0 Å². The number of hydrogen-bond donors (Lipinski definition) is 1. The number of rotatable bonds is 2. The molecule has 2 N–H and O–H groups in total. The number of benzene rings is 2. The molecule has 5 nitrogen and oxygen atoms in total. The van der Waals surface area contributed by atoms with Crippen LogP contribution in [0.4, 0.5) is 18.9 Å². The van der Waals surface area contributed by atoms with E-state index in [0.717, 1.165) is 0 Å². The fourth-order valence-corrected chi connectivity index (χ4v) is 3.69. The second kappa shape index (κ2) is 6.60. The highest BCUT2D eigenvalue weighted by Gasteiger charge is 2.57. The summed E-state index contributed by atoms with van der Waals surface area (Å²) in [7, 11) is 0. The van der Waals surface area contributed by atoms with Gasteiger partial charge in [0, 0.05) is 5.92 Å². The lowest BCUT2D eigenvalue weighted by molar-refractivity contribution is -0.0658. The van der Waals surface area contributed by atoms with Crippen LogP contribution in [0.2, 0.25) is 0 Å². The maximum absolute atomic E-state index is 13.9. The summed E-state index contributed by atoms with van der Waals surface area (Å²) >= 11 is 0. The number of anilines is 1. The lowest BCUT2D eigenvalue weighted by Gasteiger charge is -2.37. The normalized spacial score (nSPS) is 24.3. The minimum absolute atomic E-state index is 0.0284. The third-order valence-corrected chi connectivity index (χ3v) is 4.85. The molecule has 0 spiro atoms. The van der Waals surface area contributed by atoms with Gasteiger partial charge >= 0.3 is 6.18 Å². The van der Waals surface area contributed by atoms with Gasteiger partial charge in [-0.1, -0.05) is 48.5 Å². The molecule has 0 fully saturated rings. The van der Waals surface area contributed by atoms with Gasteiger partial charge in [-0.15, -0.1) is 0 Å². The van der Waals surface area contributed by atoms with Gasteiger partial charge in [0.05, 0.1) is 17.2 Å². The van der Waals surface area contributed by atoms with Crippen LogP contribution < -0.4 is 10.7 Å². The van der Waals surface area contributed by atoms with E-state index in [2.05, 4.69) is 5.10 Å². The zero-order valence-corrected chi connectivity index (χ0v) is 14.5. The molecule has 4 rings (SSSR count). The van der Waals surface area contributed by atoms with Gasteiger partial charge in [0.1, 0.15) is 6.07 Å². The van der Waals surface area contributed by atoms with Gasteiger partial charge in [-0.2, -0.15) is 23.5 Å². The standard InChI is InChI=1S/C20H15F3N4O/c21-20(22,23)17-16-15(12-7-3-1-4-8-12)14(11-24)18(25)28-19(16)27(26-17)13-9-5-2-6-10-13/h1-10,15-16,19H,25H2. The molecule has 0 amide bonds. The molecule has 142 valence electrons. The Bertz CT molecular complexity index is 980. The monoisotopic (exact) mass is 384 g/mol. The van der Waals surface area contributed by atoms with Crippen molar-refractivity contribution in [2.45, 2.75) is 18.3 Å². The van der Waals surface area contributed by atoms with Crippen LogP contribution in [-0.4, -0.2) is 18.1 Å². The zero-order valence-electron chi connectivity index (χ0n) is 14.5. The van der Waals surface area contributed by atoms with Crippen molar-refractivity contribution in [1.82, 2.24) is 0 Å². The summed E-state index contributed by atoms with van der Waals surface area (Å²) in [6, 6.07) is 18.9. The van der Waals surface area contributed by atoms with E-state index in [1.807, 2.05) is 6.07 Å². The third-order valence-electron chi connectivity index (χ3n) is 4.85. The quantitative estimate of drug-likeness (QED) is 0.853. The smallest absolute Gasteiger partial charge is 0.431 e. The molecule has 2 aromatic carbocycles. The van der Waals surface area contributed by atoms with Crippen LogP contribution in [-0.2, 0) is 4.74 Å². The number of halogens is 3. The minimum Gasteiger partial charge on any atom is -0.452 e. The van der Waals surface area contributed by atoms with Crippen LogP contribution in [0, 0.1) is 17.2 Å². The highest BCUT2D eigenvalue weighted by Crippen LogP contribution is 2.48. The van der Waals surface area contributed by atoms with E-state index in [9.17, 15) is 18.4 Å². The van der Waals surface area contributed by atoms with Crippen molar-refractivity contribution < 1.29 is 17.9 Å². The Morgan fingerprint density at radius 2 is 1.64 bits per heavy atom. The Labute approximate surface area is 159 Å². The van der Waals surface area contributed by atoms with Crippen molar-refractivity contribution in [2.24, 2.45) is 16.8 Å². The summed E-state index contributed by atoms with van der Waals surface area (Å²) in [5, 5.41) is 14.6. The average Bonchev–Trinajstić information content (AvgIpc) is 3.07. The predicted molar refractivity (Wildman–Crippen MR) is 96.8 cm³/mol. The first kappa shape index (κ1) is 17.9. The predicted octanol–water partition coefficient (Wildman–Crippen LogP) is 3.88. The number of ether oxygens (including phenoxy) is 1. The van der Waals surface area contributed by atoms with Crippen molar-refractivity contribution in [3.05, 3.63) is 77.7 Å². The summed E-state index contributed by atoms with van der Waals surface area (Å²) < 4.78 is 47.3. The molecule has 28 heavy (non-hydrogen) atoms. The van der Waals surface area contributed by atoms with Gasteiger partial charge < -0.3 is 10.5 Å². The lowest BCUT2D eigenvalue weighted by atomic mass is 9.76. The van der Waals surface area contributed by atoms with Gasteiger partial charge in [0.2, 0.25) is 12.1 Å². The second-order valence-electron chi connectivity index (χ2n) is 6.48. The third kappa shape index (κ3) is 2.85. The Kier molecular flexibility index (Phi) is 4.23. The Morgan fingerprint density at radius 3 is 2.21 bits per heavy atom. The molecule has 3 unspecified atom stereocenters. The number of hydrogen-bond acceptors (Lipinski definition) is 5. The summed E-state index contributed by atoms with van der Waals surface area (Å²) in [6.45, 7) is 0. The number of fused-ring (bicyclic) bond motifs is 1. The number of alkyl halides is 3. The first-order valence-electron chi connectivity index (χ1n) is 8.53. The molecule has 0 radical (unpaired) electrons. The topological polar surface area (TPSA) is 74.6 Å². The van der Waals surface area contributed by atoms with Gasteiger partial charge in [-0.3, -0.25) is 0 Å². The Morgan fingerprint density at radius 1 is 1.04 bits per heavy atom. The van der Waals surface area contributed by atoms with Crippen LogP contribution in [0.1, 0.15) is 11.5 Å². The molecular weight excluding hydrogens is 369 g/mol. The molecule has 0 saturated carbocycles. The van der Waals surface area contributed by atoms with E-state index < -0.39 is 30.0 Å². The number of nitriles is 1. The summed E-state index contributed by atoms with van der Waals surface area (Å²) in [6.07, 6.45) is -5.79. The summed E-state index contributed by atoms with van der Waals surface area (Å²) in [5.41, 5.74) is 5.92. The van der Waals surface area contributed by atoms with E-state index in [0.29, 0.717) is 11.3 Å². The summed E-state index contributed by atoms with van der Waals surface area (Å²) in [5.74, 6) is -2.33. The number of allylic oxidation sites excluding steroid dienone is 1. The van der Waals surface area contributed by atoms with Crippen LogP contribution >= 0.6 is 0 Å². The van der Waals surface area contributed by atoms with Crippen molar-refractivity contribution in [2.75, 3.05) is 5.01 Å². The number of hydrazone groups is 1. The van der Waals surface area contributed by atoms with Gasteiger partial charge in [-0.05, 0) is 17.7 Å². The van der Waals surface area contributed by atoms with Crippen LogP contribution in [0.3, 0.4) is 0 Å². The molecule has 0 aromatic heterocycles. The maximum Gasteiger partial charge on any atom is 0.431 e. The molecule has 0 aliphatic carbocycles. The van der Waals surface area contributed by atoms with Crippen molar-refractivity contribution in [1.29, 1.82) is 5.26 Å². The van der Waals surface area contributed by atoms with Crippen molar-refractivity contribution in [3.63, 3.8) is 0 Å². The first-order valence-corrected chi connectivity index (χ1v) is 8.53. The Hall–Kier alpha value is -3.47. The second-order valence-corrected chi connectivity index (χ2v) is 6.48. The molecule has 0 saturated heterocycles. The van der Waals surface area contributed by atoms with E-state index in [1.54, 1.807) is 60.7 Å². The average molecular weight is 384 g/mol. The number of nitrogens with zero attached hydrogens (tertiary/aromatic N) is 3. The summed E-state index contributed by atoms with van der Waals surface area (Å²) in [4.78, 5) is 0. The van der Waals surface area contributed by atoms with E-state index in [4.69, 9.17) is 10.5 Å². The highest BCUT2D eigenvalue weighted by molar-refractivity contribution is 5.96. The first-order chi connectivity index (χ1) is 13.4. The largest absolute Gasteiger partial charge is 0.452 e. The molecule has 0 bridgehead atoms. The Balaban J connectivity index is 1.90. The van der Waals surface area contributed by atoms with E-state index in [-0.39, 0.29) is 11.5 Å². The fraction of sp³-hybridized carbons (Fsp3) is 0.200. The molecular formula is C20H15F3N4O.